The Kier molecular flexibility index (Phi) is 5.09. The first-order valence-corrected chi connectivity index (χ1v) is 6.27. The average Bonchev–Trinajstić information content (AvgIpc) is 2.42. The number of hydrogen-bond acceptors (Lipinski definition) is 6. The van der Waals surface area contributed by atoms with Crippen LogP contribution in [0.2, 0.25) is 0 Å². The molecule has 0 aromatic heterocycles. The highest BCUT2D eigenvalue weighted by Gasteiger charge is 2.62. The number of carbonyl (C=O) groups excluding carboxylic acids is 2. The summed E-state index contributed by atoms with van der Waals surface area (Å²) in [4.78, 5) is 29.3. The number of ether oxygens (including phenoxy) is 2. The Morgan fingerprint density at radius 2 is 1.56 bits per heavy atom. The van der Waals surface area contributed by atoms with Crippen molar-refractivity contribution in [1.82, 2.24) is 5.32 Å². The fraction of sp³-hybridized carbons (Fsp3) is 0.636. The summed E-state index contributed by atoms with van der Waals surface area (Å²) in [6.07, 6.45) is -11.0. The lowest BCUT2D eigenvalue weighted by atomic mass is 9.92. The monoisotopic (exact) mass is 378 g/mol. The summed E-state index contributed by atoms with van der Waals surface area (Å²) in [5.41, 5.74) is 2.30. The molecule has 25 heavy (non-hydrogen) atoms. The van der Waals surface area contributed by atoms with Crippen molar-refractivity contribution < 1.29 is 45.4 Å². The van der Waals surface area contributed by atoms with Crippen molar-refractivity contribution in [2.45, 2.75) is 37.7 Å². The Hall–Kier alpha value is -2.38. The minimum absolute atomic E-state index is 0.462. The van der Waals surface area contributed by atoms with Gasteiger partial charge in [-0.3, -0.25) is 10.7 Å². The molecule has 1 heterocycles. The minimum atomic E-state index is -5.52. The highest BCUT2D eigenvalue weighted by Crippen LogP contribution is 2.33. The van der Waals surface area contributed by atoms with Crippen LogP contribution in [0.15, 0.2) is 9.98 Å². The molecule has 2 unspecified atom stereocenters. The molecule has 14 heteroatoms. The number of halogens is 6. The van der Waals surface area contributed by atoms with Crippen LogP contribution in [0.4, 0.5) is 26.3 Å². The first-order valence-electron chi connectivity index (χ1n) is 6.27. The molecule has 0 bridgehead atoms. The average molecular weight is 378 g/mol. The molecule has 0 fully saturated rings. The van der Waals surface area contributed by atoms with Crippen LogP contribution in [0.25, 0.3) is 0 Å². The second kappa shape index (κ2) is 6.16. The predicted molar refractivity (Wildman–Crippen MR) is 69.2 cm³/mol. The van der Waals surface area contributed by atoms with Gasteiger partial charge >= 0.3 is 24.3 Å². The van der Waals surface area contributed by atoms with Crippen molar-refractivity contribution in [2.75, 3.05) is 7.05 Å². The maximum atomic E-state index is 12.5. The standard InChI is InChI=1S/C11H12F6N4O4/c1-4-8(2,24-5(22)9(12,13)14)11(18,21-7(19-3)20-4)25-6(23)10(15,16)17/h18H2,1-3H3,(H,19,21). The first-order chi connectivity index (χ1) is 11.1. The van der Waals surface area contributed by atoms with Crippen molar-refractivity contribution in [1.29, 1.82) is 0 Å². The van der Waals surface area contributed by atoms with Crippen LogP contribution in [0, 0.1) is 0 Å². The molecule has 3 N–H and O–H groups in total. The molecular weight excluding hydrogens is 366 g/mol. The molecule has 0 spiro atoms. The molecule has 1 aliphatic rings. The molecular formula is C11H12F6N4O4. The third kappa shape index (κ3) is 4.00. The van der Waals surface area contributed by atoms with Crippen molar-refractivity contribution in [3.8, 4) is 0 Å². The summed E-state index contributed by atoms with van der Waals surface area (Å²) in [6, 6.07) is 0. The lowest BCUT2D eigenvalue weighted by Gasteiger charge is -2.46. The smallest absolute Gasteiger partial charge is 0.438 e. The highest BCUT2D eigenvalue weighted by molar-refractivity contribution is 6.05. The number of rotatable bonds is 2. The van der Waals surface area contributed by atoms with Crippen LogP contribution in [0.1, 0.15) is 13.8 Å². The van der Waals surface area contributed by atoms with Crippen molar-refractivity contribution in [2.24, 2.45) is 15.7 Å². The fourth-order valence-electron chi connectivity index (χ4n) is 1.67. The zero-order chi connectivity index (χ0) is 19.8. The van der Waals surface area contributed by atoms with Gasteiger partial charge in [0, 0.05) is 7.05 Å². The molecule has 8 nitrogen and oxygen atoms in total. The molecule has 0 radical (unpaired) electrons. The quantitative estimate of drug-likeness (QED) is 0.414. The van der Waals surface area contributed by atoms with Gasteiger partial charge < -0.3 is 14.8 Å². The number of hydrogen-bond donors (Lipinski definition) is 2. The zero-order valence-electron chi connectivity index (χ0n) is 12.9. The molecule has 1 rings (SSSR count). The van der Waals surface area contributed by atoms with Crippen LogP contribution in [0.3, 0.4) is 0 Å². The number of nitrogens with zero attached hydrogens (tertiary/aromatic N) is 2. The maximum Gasteiger partial charge on any atom is 0.491 e. The van der Waals surface area contributed by atoms with Gasteiger partial charge in [0.1, 0.15) is 0 Å². The topological polar surface area (TPSA) is 115 Å². The van der Waals surface area contributed by atoms with E-state index in [1.54, 1.807) is 0 Å². The normalized spacial score (nSPS) is 28.9. The molecule has 0 aromatic carbocycles. The molecule has 2 atom stereocenters. The summed E-state index contributed by atoms with van der Waals surface area (Å²) >= 11 is 0. The van der Waals surface area contributed by atoms with Crippen LogP contribution in [0.5, 0.6) is 0 Å². The number of esters is 2. The lowest BCUT2D eigenvalue weighted by molar-refractivity contribution is -0.245. The Bertz CT molecular complexity index is 643. The van der Waals surface area contributed by atoms with Crippen LogP contribution >= 0.6 is 0 Å². The molecule has 0 saturated heterocycles. The lowest BCUT2D eigenvalue weighted by Crippen LogP contribution is -2.77. The predicted octanol–water partition coefficient (Wildman–Crippen LogP) is 0.619. The Morgan fingerprint density at radius 1 is 1.12 bits per heavy atom. The fourth-order valence-corrected chi connectivity index (χ4v) is 1.67. The van der Waals surface area contributed by atoms with Crippen LogP contribution < -0.4 is 11.1 Å². The van der Waals surface area contributed by atoms with Crippen molar-refractivity contribution in [3.63, 3.8) is 0 Å². The van der Waals surface area contributed by atoms with Crippen molar-refractivity contribution in [3.05, 3.63) is 0 Å². The Labute approximate surface area is 136 Å². The van der Waals surface area contributed by atoms with Gasteiger partial charge in [-0.25, -0.2) is 14.6 Å². The molecule has 0 aliphatic carbocycles. The second-order valence-electron chi connectivity index (χ2n) is 4.91. The number of nitrogens with one attached hydrogen (secondary N) is 1. The van der Waals surface area contributed by atoms with E-state index in [2.05, 4.69) is 19.5 Å². The van der Waals surface area contributed by atoms with E-state index in [0.29, 0.717) is 6.92 Å². The van der Waals surface area contributed by atoms with Gasteiger partial charge in [0.25, 0.3) is 5.85 Å². The van der Waals surface area contributed by atoms with Gasteiger partial charge in [-0.05, 0) is 13.8 Å². The van der Waals surface area contributed by atoms with Crippen LogP contribution in [-0.2, 0) is 19.1 Å². The molecule has 0 amide bonds. The van der Waals surface area contributed by atoms with Gasteiger partial charge in [0.2, 0.25) is 11.6 Å². The number of nitrogens with two attached hydrogens (primary N) is 1. The van der Waals surface area contributed by atoms with Gasteiger partial charge in [-0.15, -0.1) is 0 Å². The Balaban J connectivity index is 3.40. The summed E-state index contributed by atoms with van der Waals surface area (Å²) in [6.45, 7) is 1.69. The number of aliphatic imine (C=N–C) groups is 2. The SMILES string of the molecule is CN=C1N=C(C)C(C)(OC(=O)C(F)(F)F)C(N)(OC(=O)C(F)(F)F)N1. The van der Waals surface area contributed by atoms with Gasteiger partial charge in [0.15, 0.2) is 0 Å². The summed E-state index contributed by atoms with van der Waals surface area (Å²) < 4.78 is 83.0. The third-order valence-corrected chi connectivity index (χ3v) is 3.20. The van der Waals surface area contributed by atoms with Gasteiger partial charge in [0.05, 0.1) is 5.71 Å². The van der Waals surface area contributed by atoms with E-state index in [1.165, 1.54) is 0 Å². The van der Waals surface area contributed by atoms with Gasteiger partial charge in [-0.2, -0.15) is 26.3 Å². The largest absolute Gasteiger partial charge is 0.491 e. The van der Waals surface area contributed by atoms with Crippen LogP contribution in [-0.4, -0.2) is 54.5 Å². The van der Waals surface area contributed by atoms with E-state index >= 15 is 0 Å². The summed E-state index contributed by atoms with van der Waals surface area (Å²) in [5.74, 6) is -9.14. The first kappa shape index (κ1) is 20.7. The van der Waals surface area contributed by atoms with E-state index in [0.717, 1.165) is 14.0 Å². The molecule has 0 aromatic rings. The van der Waals surface area contributed by atoms with Crippen molar-refractivity contribution >= 4 is 23.6 Å². The minimum Gasteiger partial charge on any atom is -0.438 e. The van der Waals surface area contributed by atoms with E-state index in [-0.39, 0.29) is 0 Å². The summed E-state index contributed by atoms with van der Waals surface area (Å²) in [7, 11) is 1.12. The van der Waals surface area contributed by atoms with E-state index < -0.39 is 47.4 Å². The van der Waals surface area contributed by atoms with Gasteiger partial charge in [-0.1, -0.05) is 0 Å². The second-order valence-corrected chi connectivity index (χ2v) is 4.91. The molecule has 0 saturated carbocycles. The maximum absolute atomic E-state index is 12.5. The molecule has 1 aliphatic heterocycles. The van der Waals surface area contributed by atoms with E-state index in [1.807, 2.05) is 5.32 Å². The highest BCUT2D eigenvalue weighted by atomic mass is 19.4. The number of alkyl halides is 6. The van der Waals surface area contributed by atoms with E-state index in [9.17, 15) is 35.9 Å². The zero-order valence-corrected chi connectivity index (χ0v) is 12.9. The molecule has 142 valence electrons. The number of guanidine groups is 1. The van der Waals surface area contributed by atoms with E-state index in [4.69, 9.17) is 5.73 Å². The third-order valence-electron chi connectivity index (χ3n) is 3.20. The number of carbonyl (C=O) groups is 2. The summed E-state index contributed by atoms with van der Waals surface area (Å²) in [5, 5.41) is 1.91. The Morgan fingerprint density at radius 3 is 1.96 bits per heavy atom.